The number of aromatic nitrogens is 1. The van der Waals surface area contributed by atoms with Gasteiger partial charge >= 0.3 is 0 Å². The first-order chi connectivity index (χ1) is 13.3. The van der Waals surface area contributed by atoms with Crippen molar-refractivity contribution < 1.29 is 14.6 Å². The molecule has 0 bridgehead atoms. The van der Waals surface area contributed by atoms with Gasteiger partial charge in [-0.15, -0.1) is 0 Å². The summed E-state index contributed by atoms with van der Waals surface area (Å²) in [4.78, 5) is 27.8. The number of rotatable bonds is 3. The predicted octanol–water partition coefficient (Wildman–Crippen LogP) is 5.24. The quantitative estimate of drug-likeness (QED) is 0.405. The van der Waals surface area contributed by atoms with Crippen LogP contribution in [0.1, 0.15) is 21.5 Å². The van der Waals surface area contributed by atoms with Crippen LogP contribution in [-0.4, -0.2) is 10.8 Å². The van der Waals surface area contributed by atoms with Gasteiger partial charge in [-0.3, -0.25) is 14.6 Å². The number of nitrogens with one attached hydrogen (secondary N) is 1. The van der Waals surface area contributed by atoms with Crippen LogP contribution in [0.5, 0.6) is 5.88 Å². The first-order valence-corrected chi connectivity index (χ1v) is 8.68. The van der Waals surface area contributed by atoms with Crippen molar-refractivity contribution in [2.45, 2.75) is 0 Å². The van der Waals surface area contributed by atoms with Crippen molar-refractivity contribution in [1.82, 2.24) is 4.98 Å². The van der Waals surface area contributed by atoms with Crippen molar-refractivity contribution in [2.75, 3.05) is 0 Å². The molecule has 0 unspecified atom stereocenters. The highest BCUT2D eigenvalue weighted by Gasteiger charge is 2.32. The zero-order chi connectivity index (χ0) is 18.2. The van der Waals surface area contributed by atoms with Crippen LogP contribution >= 0.6 is 0 Å². The molecule has 0 aliphatic carbocycles. The van der Waals surface area contributed by atoms with Gasteiger partial charge < -0.3 is 4.98 Å². The lowest BCUT2D eigenvalue weighted by Gasteiger charge is -2.20. The largest absolute Gasteiger partial charge is 0.321 e. The van der Waals surface area contributed by atoms with Crippen LogP contribution in [0.4, 0.5) is 0 Å². The average molecular weight is 353 g/mol. The summed E-state index contributed by atoms with van der Waals surface area (Å²) < 4.78 is 0. The van der Waals surface area contributed by atoms with Crippen molar-refractivity contribution >= 4 is 28.0 Å². The Balaban J connectivity index is 1.82. The lowest BCUT2D eigenvalue weighted by Crippen LogP contribution is -2.14. The minimum absolute atomic E-state index is 0.108. The summed E-state index contributed by atoms with van der Waals surface area (Å²) in [5.74, 6) is 0.751. The first kappa shape index (κ1) is 15.5. The molecule has 27 heavy (non-hydrogen) atoms. The Morgan fingerprint density at radius 2 is 1.41 bits per heavy atom. The number of benzene rings is 3. The molecule has 0 atom stereocenters. The van der Waals surface area contributed by atoms with Gasteiger partial charge in [-0.25, -0.2) is 0 Å². The van der Waals surface area contributed by atoms with Crippen molar-refractivity contribution in [3.05, 3.63) is 102 Å². The summed E-state index contributed by atoms with van der Waals surface area (Å²) in [6.07, 6.45) is 0. The Kier molecular flexibility index (Phi) is 3.54. The van der Waals surface area contributed by atoms with E-state index in [-0.39, 0.29) is 5.78 Å². The molecule has 4 heteroatoms. The molecule has 0 spiro atoms. The topological polar surface area (TPSA) is 51.3 Å². The highest BCUT2D eigenvalue weighted by atomic mass is 17.2. The summed E-state index contributed by atoms with van der Waals surface area (Å²) in [5, 5.41) is 0.920. The van der Waals surface area contributed by atoms with E-state index in [0.717, 1.165) is 22.0 Å². The molecule has 0 radical (unpaired) electrons. The number of allylic oxidation sites excluding steroid dienone is 1. The molecular weight excluding hydrogens is 338 g/mol. The summed E-state index contributed by atoms with van der Waals surface area (Å²) in [6.45, 7) is 0. The zero-order valence-electron chi connectivity index (χ0n) is 14.3. The van der Waals surface area contributed by atoms with E-state index in [1.165, 1.54) is 0 Å². The van der Waals surface area contributed by atoms with E-state index in [1.54, 1.807) is 0 Å². The molecule has 1 aliphatic rings. The Morgan fingerprint density at radius 1 is 0.741 bits per heavy atom. The summed E-state index contributed by atoms with van der Waals surface area (Å²) in [5.41, 5.74) is 3.49. The van der Waals surface area contributed by atoms with Gasteiger partial charge in [0.25, 0.3) is 5.88 Å². The van der Waals surface area contributed by atoms with Crippen molar-refractivity contribution in [3.8, 4) is 5.88 Å². The average Bonchev–Trinajstić information content (AvgIpc) is 3.12. The molecule has 5 rings (SSSR count). The van der Waals surface area contributed by atoms with Crippen molar-refractivity contribution in [2.24, 2.45) is 0 Å². The molecule has 2 heterocycles. The number of Topliss-reactive ketones (excluding diaryl/α,β-unsaturated/α-hetero) is 1. The van der Waals surface area contributed by atoms with Crippen molar-refractivity contribution in [3.63, 3.8) is 0 Å². The van der Waals surface area contributed by atoms with Crippen LogP contribution < -0.4 is 4.89 Å². The number of ketones is 1. The molecule has 0 fully saturated rings. The van der Waals surface area contributed by atoms with Crippen LogP contribution in [0, 0.1) is 0 Å². The first-order valence-electron chi connectivity index (χ1n) is 8.68. The fourth-order valence-corrected chi connectivity index (χ4v) is 3.40. The Morgan fingerprint density at radius 3 is 2.19 bits per heavy atom. The fourth-order valence-electron chi connectivity index (χ4n) is 3.40. The van der Waals surface area contributed by atoms with Crippen LogP contribution in [0.3, 0.4) is 0 Å². The number of fused-ring (bicyclic) bond motifs is 3. The Bertz CT molecular complexity index is 1170. The molecule has 130 valence electrons. The number of para-hydroxylation sites is 1. The van der Waals surface area contributed by atoms with Gasteiger partial charge in [0, 0.05) is 22.0 Å². The van der Waals surface area contributed by atoms with Gasteiger partial charge in [-0.1, -0.05) is 78.9 Å². The zero-order valence-corrected chi connectivity index (χ0v) is 14.3. The Hall–Kier alpha value is -3.79. The number of aromatic amines is 1. The van der Waals surface area contributed by atoms with Gasteiger partial charge in [0.1, 0.15) is 0 Å². The summed E-state index contributed by atoms with van der Waals surface area (Å²) in [7, 11) is 0. The molecule has 1 aromatic heterocycles. The minimum atomic E-state index is -0.108. The second-order valence-corrected chi connectivity index (χ2v) is 6.31. The number of hydrogen-bond donors (Lipinski definition) is 1. The molecule has 4 aromatic rings. The molecule has 4 nitrogen and oxygen atoms in total. The van der Waals surface area contributed by atoms with Gasteiger partial charge in [-0.2, -0.15) is 0 Å². The highest BCUT2D eigenvalue weighted by molar-refractivity contribution is 6.36. The smallest absolute Gasteiger partial charge is 0.257 e. The third kappa shape index (κ3) is 2.50. The second kappa shape index (κ2) is 6.18. The maximum atomic E-state index is 13.5. The number of hydrogen-bond acceptors (Lipinski definition) is 3. The van der Waals surface area contributed by atoms with Gasteiger partial charge in [0.05, 0.1) is 11.1 Å². The van der Waals surface area contributed by atoms with Crippen LogP contribution in [0.2, 0.25) is 0 Å². The second-order valence-electron chi connectivity index (χ2n) is 6.31. The lowest BCUT2D eigenvalue weighted by molar-refractivity contribution is -0.138. The summed E-state index contributed by atoms with van der Waals surface area (Å²) >= 11 is 0. The predicted molar refractivity (Wildman–Crippen MR) is 104 cm³/mol. The van der Waals surface area contributed by atoms with E-state index in [9.17, 15) is 4.79 Å². The van der Waals surface area contributed by atoms with Gasteiger partial charge in [0.2, 0.25) is 0 Å². The SMILES string of the molecule is O=C(C1=C(c2ccccc2)OOc2[nH]c3ccccc3c21)c1ccccc1. The van der Waals surface area contributed by atoms with Crippen LogP contribution in [0.25, 0.3) is 22.2 Å². The fraction of sp³-hybridized carbons (Fsp3) is 0. The van der Waals surface area contributed by atoms with Crippen molar-refractivity contribution in [1.29, 1.82) is 0 Å². The molecule has 3 aromatic carbocycles. The third-order valence-corrected chi connectivity index (χ3v) is 4.66. The molecule has 0 saturated carbocycles. The Labute approximate surface area is 155 Å². The van der Waals surface area contributed by atoms with E-state index >= 15 is 0 Å². The maximum Gasteiger partial charge on any atom is 0.257 e. The molecule has 1 N–H and O–H groups in total. The minimum Gasteiger partial charge on any atom is -0.321 e. The molecular formula is C23H15NO3. The lowest BCUT2D eigenvalue weighted by atomic mass is 9.92. The van der Waals surface area contributed by atoms with E-state index in [1.807, 2.05) is 84.9 Å². The highest BCUT2D eigenvalue weighted by Crippen LogP contribution is 2.43. The molecule has 0 amide bonds. The molecule has 0 saturated heterocycles. The van der Waals surface area contributed by atoms with E-state index in [2.05, 4.69) is 4.98 Å². The third-order valence-electron chi connectivity index (χ3n) is 4.66. The monoisotopic (exact) mass is 353 g/mol. The molecule has 1 aliphatic heterocycles. The van der Waals surface area contributed by atoms with Crippen LogP contribution in [0.15, 0.2) is 84.9 Å². The summed E-state index contributed by atoms with van der Waals surface area (Å²) in [6, 6.07) is 26.5. The number of H-pyrrole nitrogens is 1. The van der Waals surface area contributed by atoms with E-state index in [0.29, 0.717) is 22.8 Å². The normalized spacial score (nSPS) is 13.0. The van der Waals surface area contributed by atoms with Gasteiger partial charge in [-0.05, 0) is 6.07 Å². The number of carbonyl (C=O) groups excluding carboxylic acids is 1. The van der Waals surface area contributed by atoms with E-state index in [4.69, 9.17) is 9.78 Å². The standard InChI is InChI=1S/C23H15NO3/c25-21(15-9-3-1-4-10-15)20-19-17-13-7-8-14-18(17)24-23(19)27-26-22(20)16-11-5-2-6-12-16/h1-14,24H. The maximum absolute atomic E-state index is 13.5. The van der Waals surface area contributed by atoms with E-state index < -0.39 is 0 Å². The number of carbonyl (C=O) groups is 1. The van der Waals surface area contributed by atoms with Crippen LogP contribution in [-0.2, 0) is 4.89 Å². The van der Waals surface area contributed by atoms with Gasteiger partial charge in [0.15, 0.2) is 11.5 Å².